The Kier molecular flexibility index (Phi) is 4.30. The second kappa shape index (κ2) is 4.74. The molecule has 0 fully saturated rings. The summed E-state index contributed by atoms with van der Waals surface area (Å²) in [6.45, 7) is 0.176. The molecule has 0 atom stereocenters. The van der Waals surface area contributed by atoms with Crippen LogP contribution in [-0.2, 0) is 6.54 Å². The molecule has 1 aromatic carbocycles. The van der Waals surface area contributed by atoms with Crippen molar-refractivity contribution in [3.05, 3.63) is 39.7 Å². The van der Waals surface area contributed by atoms with Crippen LogP contribution in [0.4, 0.5) is 10.1 Å². The number of nitrogens with two attached hydrogens (primary N) is 1. The van der Waals surface area contributed by atoms with E-state index in [9.17, 15) is 14.5 Å². The van der Waals surface area contributed by atoms with Crippen LogP contribution >= 0.6 is 12.4 Å². The summed E-state index contributed by atoms with van der Waals surface area (Å²) in [6.07, 6.45) is 0. The van der Waals surface area contributed by atoms with Crippen LogP contribution < -0.4 is 5.73 Å². The normalized spacial score (nSPS) is 9.08. The number of benzene rings is 1. The second-order valence-corrected chi connectivity index (χ2v) is 2.25. The van der Waals surface area contributed by atoms with Gasteiger partial charge in [0.15, 0.2) is 0 Å². The molecule has 4 nitrogen and oxygen atoms in total. The van der Waals surface area contributed by atoms with E-state index in [0.29, 0.717) is 5.56 Å². The summed E-state index contributed by atoms with van der Waals surface area (Å²) in [5.41, 5.74) is 5.23. The largest absolute Gasteiger partial charge is 0.326 e. The van der Waals surface area contributed by atoms with Gasteiger partial charge in [0.1, 0.15) is 0 Å². The van der Waals surface area contributed by atoms with Gasteiger partial charge in [-0.25, -0.2) is 0 Å². The molecule has 0 saturated heterocycles. The molecule has 0 aliphatic carbocycles. The number of hydrogen-bond acceptors (Lipinski definition) is 3. The Bertz CT molecular complexity index is 319. The summed E-state index contributed by atoms with van der Waals surface area (Å²) >= 11 is 0. The summed E-state index contributed by atoms with van der Waals surface area (Å²) in [4.78, 5) is 9.39. The molecule has 6 heteroatoms. The van der Waals surface area contributed by atoms with Crippen LogP contribution in [0.3, 0.4) is 0 Å². The predicted molar refractivity (Wildman–Crippen MR) is 48.2 cm³/mol. The van der Waals surface area contributed by atoms with E-state index >= 15 is 0 Å². The first-order valence-corrected chi connectivity index (χ1v) is 3.28. The lowest BCUT2D eigenvalue weighted by Crippen LogP contribution is -1.98. The molecule has 2 N–H and O–H groups in total. The first-order chi connectivity index (χ1) is 5.65. The molecular weight excluding hydrogens is 199 g/mol. The van der Waals surface area contributed by atoms with Crippen molar-refractivity contribution in [3.63, 3.8) is 0 Å². The zero-order chi connectivity index (χ0) is 9.14. The van der Waals surface area contributed by atoms with Gasteiger partial charge in [-0.3, -0.25) is 10.1 Å². The molecule has 0 saturated carbocycles. The van der Waals surface area contributed by atoms with E-state index in [1.54, 1.807) is 0 Å². The third kappa shape index (κ3) is 2.64. The fourth-order valence-corrected chi connectivity index (χ4v) is 0.825. The van der Waals surface area contributed by atoms with Gasteiger partial charge < -0.3 is 5.73 Å². The van der Waals surface area contributed by atoms with Crippen LogP contribution in [0.15, 0.2) is 18.2 Å². The molecule has 72 valence electrons. The summed E-state index contributed by atoms with van der Waals surface area (Å²) in [7, 11) is 0. The highest BCUT2D eigenvalue weighted by Gasteiger charge is 2.12. The van der Waals surface area contributed by atoms with E-state index in [-0.39, 0.29) is 19.0 Å². The number of rotatable bonds is 2. The van der Waals surface area contributed by atoms with E-state index < -0.39 is 16.4 Å². The molecule has 0 spiro atoms. The SMILES string of the molecule is Cl.NCc1ccc([N+](=O)[O-])c(F)c1. The predicted octanol–water partition coefficient (Wildman–Crippen LogP) is 1.61. The topological polar surface area (TPSA) is 69.2 Å². The van der Waals surface area contributed by atoms with Crippen molar-refractivity contribution in [3.8, 4) is 0 Å². The van der Waals surface area contributed by atoms with E-state index in [0.717, 1.165) is 12.1 Å². The average Bonchev–Trinajstić information content (AvgIpc) is 2.03. The number of nitro benzene ring substituents is 1. The molecule has 0 unspecified atom stereocenters. The van der Waals surface area contributed by atoms with Crippen molar-refractivity contribution in [2.45, 2.75) is 6.54 Å². The van der Waals surface area contributed by atoms with E-state index in [2.05, 4.69) is 0 Å². The second-order valence-electron chi connectivity index (χ2n) is 2.25. The van der Waals surface area contributed by atoms with Crippen LogP contribution in [0.2, 0.25) is 0 Å². The zero-order valence-electron chi connectivity index (χ0n) is 6.57. The van der Waals surface area contributed by atoms with Gasteiger partial charge in [0, 0.05) is 12.6 Å². The molecule has 0 aliphatic rings. The van der Waals surface area contributed by atoms with E-state index in [1.165, 1.54) is 6.07 Å². The van der Waals surface area contributed by atoms with Gasteiger partial charge in [-0.15, -0.1) is 12.4 Å². The summed E-state index contributed by atoms with van der Waals surface area (Å²) < 4.78 is 12.8. The number of nitro groups is 1. The van der Waals surface area contributed by atoms with Gasteiger partial charge in [0.05, 0.1) is 4.92 Å². The highest BCUT2D eigenvalue weighted by molar-refractivity contribution is 5.85. The van der Waals surface area contributed by atoms with Crippen molar-refractivity contribution < 1.29 is 9.31 Å². The Morgan fingerprint density at radius 1 is 1.54 bits per heavy atom. The minimum absolute atomic E-state index is 0. The van der Waals surface area contributed by atoms with Crippen molar-refractivity contribution in [2.75, 3.05) is 0 Å². The molecule has 0 aliphatic heterocycles. The Hall–Kier alpha value is -1.20. The Labute approximate surface area is 80.1 Å². The Balaban J connectivity index is 0.00000144. The molecule has 0 amide bonds. The maximum absolute atomic E-state index is 12.8. The van der Waals surface area contributed by atoms with Crippen LogP contribution in [0.25, 0.3) is 0 Å². The lowest BCUT2D eigenvalue weighted by Gasteiger charge is -1.96. The zero-order valence-corrected chi connectivity index (χ0v) is 7.38. The Morgan fingerprint density at radius 3 is 2.54 bits per heavy atom. The van der Waals surface area contributed by atoms with Gasteiger partial charge in [-0.2, -0.15) is 4.39 Å². The Morgan fingerprint density at radius 2 is 2.15 bits per heavy atom. The third-order valence-electron chi connectivity index (χ3n) is 1.44. The van der Waals surface area contributed by atoms with Crippen molar-refractivity contribution >= 4 is 18.1 Å². The van der Waals surface area contributed by atoms with Gasteiger partial charge in [0.2, 0.25) is 5.82 Å². The van der Waals surface area contributed by atoms with Gasteiger partial charge in [0.25, 0.3) is 0 Å². The van der Waals surface area contributed by atoms with Crippen LogP contribution in [0.1, 0.15) is 5.56 Å². The van der Waals surface area contributed by atoms with E-state index in [4.69, 9.17) is 5.73 Å². The molecular formula is C7H8ClFN2O2. The van der Waals surface area contributed by atoms with Crippen LogP contribution in [0.5, 0.6) is 0 Å². The fraction of sp³-hybridized carbons (Fsp3) is 0.143. The molecule has 0 radical (unpaired) electrons. The maximum Gasteiger partial charge on any atom is 0.304 e. The summed E-state index contributed by atoms with van der Waals surface area (Å²) in [5, 5.41) is 10.2. The lowest BCUT2D eigenvalue weighted by molar-refractivity contribution is -0.387. The van der Waals surface area contributed by atoms with Crippen molar-refractivity contribution in [1.82, 2.24) is 0 Å². The van der Waals surface area contributed by atoms with Crippen LogP contribution in [-0.4, -0.2) is 4.92 Å². The highest BCUT2D eigenvalue weighted by Crippen LogP contribution is 2.17. The van der Waals surface area contributed by atoms with E-state index in [1.807, 2.05) is 0 Å². The molecule has 1 rings (SSSR count). The number of nitrogens with zero attached hydrogens (tertiary/aromatic N) is 1. The standard InChI is InChI=1S/C7H7FN2O2.ClH/c8-6-3-5(4-9)1-2-7(6)10(11)12;/h1-3H,4,9H2;1H. The fourth-order valence-electron chi connectivity index (χ4n) is 0.825. The molecule has 13 heavy (non-hydrogen) atoms. The molecule has 0 aromatic heterocycles. The minimum atomic E-state index is -0.844. The van der Waals surface area contributed by atoms with Crippen molar-refractivity contribution in [2.24, 2.45) is 5.73 Å². The monoisotopic (exact) mass is 206 g/mol. The quantitative estimate of drug-likeness (QED) is 0.591. The van der Waals surface area contributed by atoms with Gasteiger partial charge in [-0.1, -0.05) is 6.07 Å². The minimum Gasteiger partial charge on any atom is -0.326 e. The summed E-state index contributed by atoms with van der Waals surface area (Å²) in [6, 6.07) is 3.61. The first-order valence-electron chi connectivity index (χ1n) is 3.28. The molecule has 1 aromatic rings. The van der Waals surface area contributed by atoms with Gasteiger partial charge in [-0.05, 0) is 11.6 Å². The first kappa shape index (κ1) is 11.8. The third-order valence-corrected chi connectivity index (χ3v) is 1.44. The van der Waals surface area contributed by atoms with Crippen molar-refractivity contribution in [1.29, 1.82) is 0 Å². The summed E-state index contributed by atoms with van der Waals surface area (Å²) in [5.74, 6) is -0.844. The van der Waals surface area contributed by atoms with Crippen LogP contribution in [0, 0.1) is 15.9 Å². The highest BCUT2D eigenvalue weighted by atomic mass is 35.5. The number of halogens is 2. The maximum atomic E-state index is 12.8. The molecule has 0 bridgehead atoms. The smallest absolute Gasteiger partial charge is 0.304 e. The molecule has 0 heterocycles. The van der Waals surface area contributed by atoms with Gasteiger partial charge >= 0.3 is 5.69 Å². The number of hydrogen-bond donors (Lipinski definition) is 1. The lowest BCUT2D eigenvalue weighted by atomic mass is 10.2. The average molecular weight is 207 g/mol.